The summed E-state index contributed by atoms with van der Waals surface area (Å²) >= 11 is 0. The Morgan fingerprint density at radius 1 is 0.972 bits per heavy atom. The molecule has 188 valence electrons. The van der Waals surface area contributed by atoms with Gasteiger partial charge in [-0.2, -0.15) is 0 Å². The maximum Gasteiger partial charge on any atom is 0.270 e. The van der Waals surface area contributed by atoms with Crippen LogP contribution in [0.15, 0.2) is 64.0 Å². The molecule has 9 nitrogen and oxygen atoms in total. The second kappa shape index (κ2) is 10.5. The van der Waals surface area contributed by atoms with Gasteiger partial charge in [0.2, 0.25) is 5.89 Å². The number of nitrogens with zero attached hydrogens (tertiary/aromatic N) is 4. The first-order valence-electron chi connectivity index (χ1n) is 11.4. The van der Waals surface area contributed by atoms with Crippen molar-refractivity contribution in [2.75, 3.05) is 12.3 Å². The number of rotatable bonds is 9. The van der Waals surface area contributed by atoms with E-state index in [-0.39, 0.29) is 34.7 Å². The summed E-state index contributed by atoms with van der Waals surface area (Å²) in [4.78, 5) is 8.98. The van der Waals surface area contributed by atoms with Crippen LogP contribution in [-0.4, -0.2) is 46.5 Å². The molecule has 0 bridgehead atoms. The standard InChI is InChI=1S/C25H27FN6O3S/c1-15(2)36(33,34)20-10-8-18(9-11-20)21-14-29-23(27)22(30-21)25-32-31-24(35-25)19-6-4-17(5-7-19)13-28-12-16(3)26/h4-11,14-16,28H,12-13H2,1-3H3,(H2,27,29). The van der Waals surface area contributed by atoms with Crippen molar-refractivity contribution in [3.8, 4) is 34.3 Å². The number of nitrogens with one attached hydrogen (secondary N) is 1. The first-order chi connectivity index (χ1) is 17.1. The van der Waals surface area contributed by atoms with Crippen LogP contribution in [0.3, 0.4) is 0 Å². The normalized spacial score (nSPS) is 12.7. The van der Waals surface area contributed by atoms with Crippen molar-refractivity contribution in [3.63, 3.8) is 0 Å². The summed E-state index contributed by atoms with van der Waals surface area (Å²) in [5, 5.41) is 10.7. The summed E-state index contributed by atoms with van der Waals surface area (Å²) in [6.07, 6.45) is 0.592. The summed E-state index contributed by atoms with van der Waals surface area (Å²) in [6.45, 7) is 5.62. The number of hydrogen-bond donors (Lipinski definition) is 2. The van der Waals surface area contributed by atoms with Crippen LogP contribution in [0.25, 0.3) is 34.3 Å². The lowest BCUT2D eigenvalue weighted by Gasteiger charge is -2.09. The van der Waals surface area contributed by atoms with Gasteiger partial charge in [-0.25, -0.2) is 22.8 Å². The first-order valence-corrected chi connectivity index (χ1v) is 12.9. The Hall–Kier alpha value is -3.70. The zero-order chi connectivity index (χ0) is 25.9. The molecule has 0 spiro atoms. The molecule has 0 saturated heterocycles. The molecule has 0 aliphatic rings. The number of hydrogen-bond acceptors (Lipinski definition) is 9. The lowest BCUT2D eigenvalue weighted by Crippen LogP contribution is -2.21. The predicted octanol–water partition coefficient (Wildman–Crippen LogP) is 4.07. The molecule has 2 aromatic heterocycles. The highest BCUT2D eigenvalue weighted by atomic mass is 32.2. The number of benzene rings is 2. The van der Waals surface area contributed by atoms with Gasteiger partial charge in [0.05, 0.1) is 22.0 Å². The van der Waals surface area contributed by atoms with Crippen molar-refractivity contribution in [1.82, 2.24) is 25.5 Å². The summed E-state index contributed by atoms with van der Waals surface area (Å²) in [5.74, 6) is 0.520. The van der Waals surface area contributed by atoms with Crippen LogP contribution in [0.4, 0.5) is 10.2 Å². The fraction of sp³-hybridized carbons (Fsp3) is 0.280. The van der Waals surface area contributed by atoms with E-state index in [4.69, 9.17) is 10.2 Å². The van der Waals surface area contributed by atoms with E-state index in [0.717, 1.165) is 5.56 Å². The van der Waals surface area contributed by atoms with Gasteiger partial charge in [-0.1, -0.05) is 24.3 Å². The number of nitrogen functional groups attached to an aromatic ring is 1. The summed E-state index contributed by atoms with van der Waals surface area (Å²) in [7, 11) is -3.38. The van der Waals surface area contributed by atoms with Gasteiger partial charge in [-0.15, -0.1) is 10.2 Å². The van der Waals surface area contributed by atoms with Gasteiger partial charge < -0.3 is 15.5 Å². The summed E-state index contributed by atoms with van der Waals surface area (Å²) < 4.78 is 43.5. The molecule has 4 rings (SSSR count). The van der Waals surface area contributed by atoms with Crippen LogP contribution >= 0.6 is 0 Å². The van der Waals surface area contributed by atoms with Gasteiger partial charge in [0, 0.05) is 24.2 Å². The van der Waals surface area contributed by atoms with Crippen LogP contribution in [-0.2, 0) is 16.4 Å². The Bertz CT molecular complexity index is 1440. The molecule has 0 aliphatic carbocycles. The number of alkyl halides is 1. The zero-order valence-electron chi connectivity index (χ0n) is 20.1. The van der Waals surface area contributed by atoms with Gasteiger partial charge in [-0.3, -0.25) is 0 Å². The Morgan fingerprint density at radius 2 is 1.61 bits per heavy atom. The largest absolute Gasteiger partial charge is 0.414 e. The number of anilines is 1. The molecule has 2 heterocycles. The van der Waals surface area contributed by atoms with Crippen LogP contribution < -0.4 is 11.1 Å². The second-order valence-corrected chi connectivity index (χ2v) is 11.1. The molecule has 0 saturated carbocycles. The highest BCUT2D eigenvalue weighted by Gasteiger charge is 2.20. The molecular weight excluding hydrogens is 483 g/mol. The fourth-order valence-electron chi connectivity index (χ4n) is 3.40. The van der Waals surface area contributed by atoms with E-state index in [2.05, 4.69) is 25.5 Å². The minimum absolute atomic E-state index is 0.110. The zero-order valence-corrected chi connectivity index (χ0v) is 21.0. The molecule has 2 aromatic carbocycles. The van der Waals surface area contributed by atoms with Crippen molar-refractivity contribution >= 4 is 15.7 Å². The SMILES string of the molecule is CC(F)CNCc1ccc(-c2nnc(-c3nc(-c4ccc(S(=O)(=O)C(C)C)cc4)cnc3N)o2)cc1. The van der Waals surface area contributed by atoms with Gasteiger partial charge in [0.25, 0.3) is 5.89 Å². The van der Waals surface area contributed by atoms with Gasteiger partial charge in [-0.05, 0) is 50.6 Å². The van der Waals surface area contributed by atoms with E-state index in [9.17, 15) is 12.8 Å². The minimum atomic E-state index is -3.38. The minimum Gasteiger partial charge on any atom is -0.414 e. The first kappa shape index (κ1) is 25.4. The third-order valence-corrected chi connectivity index (χ3v) is 7.65. The topological polar surface area (TPSA) is 137 Å². The summed E-state index contributed by atoms with van der Waals surface area (Å²) in [5.41, 5.74) is 9.11. The van der Waals surface area contributed by atoms with Crippen LogP contribution in [0, 0.1) is 0 Å². The highest BCUT2D eigenvalue weighted by Crippen LogP contribution is 2.28. The predicted molar refractivity (Wildman–Crippen MR) is 135 cm³/mol. The van der Waals surface area contributed by atoms with Gasteiger partial charge in [0.1, 0.15) is 6.17 Å². The quantitative estimate of drug-likeness (QED) is 0.341. The maximum absolute atomic E-state index is 12.9. The van der Waals surface area contributed by atoms with E-state index in [1.165, 1.54) is 13.1 Å². The van der Waals surface area contributed by atoms with E-state index in [1.807, 2.05) is 24.3 Å². The molecule has 0 amide bonds. The van der Waals surface area contributed by atoms with Crippen molar-refractivity contribution in [3.05, 3.63) is 60.3 Å². The van der Waals surface area contributed by atoms with Crippen LogP contribution in [0.5, 0.6) is 0 Å². The molecule has 1 atom stereocenters. The van der Waals surface area contributed by atoms with Crippen LogP contribution in [0.2, 0.25) is 0 Å². The molecule has 0 aliphatic heterocycles. The van der Waals surface area contributed by atoms with Crippen LogP contribution in [0.1, 0.15) is 26.3 Å². The molecule has 1 unspecified atom stereocenters. The third-order valence-electron chi connectivity index (χ3n) is 5.48. The van der Waals surface area contributed by atoms with E-state index in [1.54, 1.807) is 38.1 Å². The molecular formula is C25H27FN6O3S. The average Bonchev–Trinajstić information content (AvgIpc) is 3.34. The molecule has 0 radical (unpaired) electrons. The van der Waals surface area contributed by atoms with Crippen molar-refractivity contribution < 1.29 is 17.2 Å². The number of halogens is 1. The van der Waals surface area contributed by atoms with E-state index >= 15 is 0 Å². The Morgan fingerprint density at radius 3 is 2.25 bits per heavy atom. The van der Waals surface area contributed by atoms with Crippen molar-refractivity contribution in [2.45, 2.75) is 43.6 Å². The number of aromatic nitrogens is 4. The Kier molecular flexibility index (Phi) is 7.41. The lowest BCUT2D eigenvalue weighted by atomic mass is 10.1. The van der Waals surface area contributed by atoms with Gasteiger partial charge in [0.15, 0.2) is 21.3 Å². The number of sulfone groups is 1. The smallest absolute Gasteiger partial charge is 0.270 e. The molecule has 4 aromatic rings. The second-order valence-electron chi connectivity index (χ2n) is 8.63. The van der Waals surface area contributed by atoms with Gasteiger partial charge >= 0.3 is 0 Å². The number of nitrogens with two attached hydrogens (primary N) is 1. The average molecular weight is 511 g/mol. The Balaban J connectivity index is 1.55. The molecule has 11 heteroatoms. The summed E-state index contributed by atoms with van der Waals surface area (Å²) in [6, 6.07) is 13.9. The van der Waals surface area contributed by atoms with E-state index in [0.29, 0.717) is 23.4 Å². The Labute approximate surface area is 208 Å². The maximum atomic E-state index is 12.9. The van der Waals surface area contributed by atoms with Crippen molar-refractivity contribution in [1.29, 1.82) is 0 Å². The van der Waals surface area contributed by atoms with E-state index < -0.39 is 21.3 Å². The van der Waals surface area contributed by atoms with Crippen molar-refractivity contribution in [2.24, 2.45) is 0 Å². The molecule has 36 heavy (non-hydrogen) atoms. The molecule has 0 fully saturated rings. The monoisotopic (exact) mass is 510 g/mol. The lowest BCUT2D eigenvalue weighted by molar-refractivity contribution is 0.344. The molecule has 3 N–H and O–H groups in total. The third kappa shape index (κ3) is 5.58. The fourth-order valence-corrected chi connectivity index (χ4v) is 4.46. The highest BCUT2D eigenvalue weighted by molar-refractivity contribution is 7.92.